The van der Waals surface area contributed by atoms with E-state index in [9.17, 15) is 14.9 Å². The molecule has 258 valence electrons. The first kappa shape index (κ1) is 33.7. The lowest BCUT2D eigenvalue weighted by Crippen LogP contribution is -2.51. The number of nitrogens with zero attached hydrogens (tertiary/aromatic N) is 3. The minimum Gasteiger partial charge on any atom is -0.446 e. The van der Waals surface area contributed by atoms with Crippen molar-refractivity contribution in [3.05, 3.63) is 33.9 Å². The largest absolute Gasteiger partial charge is 0.446 e. The van der Waals surface area contributed by atoms with Crippen LogP contribution in [0.2, 0.25) is 0 Å². The van der Waals surface area contributed by atoms with Gasteiger partial charge in [-0.1, -0.05) is 65.5 Å². The van der Waals surface area contributed by atoms with Crippen molar-refractivity contribution in [2.24, 2.45) is 46.3 Å². The molecule has 0 saturated heterocycles. The Morgan fingerprint density at radius 2 is 1.85 bits per heavy atom. The number of anilines is 1. The first-order valence-corrected chi connectivity index (χ1v) is 18.3. The monoisotopic (exact) mass is 649 g/mol. The van der Waals surface area contributed by atoms with Gasteiger partial charge in [0.25, 0.3) is 0 Å². The highest BCUT2D eigenvalue weighted by Gasteiger charge is 2.59. The van der Waals surface area contributed by atoms with Gasteiger partial charge < -0.3 is 15.4 Å². The smallest absolute Gasteiger partial charge is 0.407 e. The number of hydrogen-bond donors (Lipinski definition) is 2. The maximum absolute atomic E-state index is 12.7. The number of amides is 1. The molecule has 4 aliphatic carbocycles. The Kier molecular flexibility index (Phi) is 9.86. The predicted molar refractivity (Wildman–Crippen MR) is 183 cm³/mol. The molecule has 47 heavy (non-hydrogen) atoms. The van der Waals surface area contributed by atoms with Gasteiger partial charge in [0.2, 0.25) is 5.52 Å². The molecule has 3 fully saturated rings. The number of carbonyl (C=O) groups is 1. The Labute approximate surface area is 279 Å². The highest BCUT2D eigenvalue weighted by molar-refractivity contribution is 5.93. The van der Waals surface area contributed by atoms with Crippen LogP contribution in [0.15, 0.2) is 28.4 Å². The molecule has 1 aromatic carbocycles. The number of aromatic nitrogens is 2. The van der Waals surface area contributed by atoms with Crippen LogP contribution in [-0.4, -0.2) is 40.5 Å². The lowest BCUT2D eigenvalue weighted by molar-refractivity contribution is -0.383. The first-order chi connectivity index (χ1) is 22.5. The zero-order valence-electron chi connectivity index (χ0n) is 29.1. The topological polar surface area (TPSA) is 132 Å². The molecule has 2 N–H and O–H groups in total. The Hall–Kier alpha value is -3.17. The van der Waals surface area contributed by atoms with Gasteiger partial charge >= 0.3 is 11.8 Å². The Morgan fingerprint density at radius 1 is 1.04 bits per heavy atom. The highest BCUT2D eigenvalue weighted by Crippen LogP contribution is 2.67. The number of nitro groups is 1. The fraction of sp³-hybridized carbons (Fsp3) is 0.757. The zero-order valence-corrected chi connectivity index (χ0v) is 29.1. The van der Waals surface area contributed by atoms with Gasteiger partial charge in [0.1, 0.15) is 6.10 Å². The first-order valence-electron chi connectivity index (χ1n) is 18.3. The van der Waals surface area contributed by atoms with Crippen LogP contribution in [0, 0.1) is 56.5 Å². The molecule has 8 atom stereocenters. The average Bonchev–Trinajstić information content (AvgIpc) is 3.66. The van der Waals surface area contributed by atoms with Crippen LogP contribution in [0.4, 0.5) is 16.2 Å². The van der Waals surface area contributed by atoms with E-state index in [4.69, 9.17) is 9.37 Å². The predicted octanol–water partition coefficient (Wildman–Crippen LogP) is 9.07. The van der Waals surface area contributed by atoms with Gasteiger partial charge in [0.15, 0.2) is 5.52 Å². The van der Waals surface area contributed by atoms with Gasteiger partial charge in [-0.2, -0.15) is 0 Å². The van der Waals surface area contributed by atoms with E-state index in [0.717, 1.165) is 54.8 Å². The summed E-state index contributed by atoms with van der Waals surface area (Å²) in [5.41, 5.74) is 3.14. The molecule has 4 aliphatic rings. The summed E-state index contributed by atoms with van der Waals surface area (Å²) in [5, 5.41) is 24.8. The number of benzene rings is 1. The lowest BCUT2D eigenvalue weighted by atomic mass is 9.47. The molecule has 1 aromatic heterocycles. The number of non-ortho nitro benzene ring substituents is 1. The Bertz CT molecular complexity index is 1470. The standard InChI is InChI=1S/C37H55N5O5/c1-23(2)8-6-9-24(3)28-12-13-29-27-11-10-25-22-26(16-18-36(25,4)30(27)17-19-37(28,29)5)46-35(43)39-21-7-20-38-31-14-15-32(42(44)45)34-33(31)40-47-41-34/h10,14-15,23-24,26-30,38H,6-9,11-13,16-22H2,1-5H3,(H,39,43)/t24-,26+,27+,28-,29+,30+,36+,37-/m1/s1. The van der Waals surface area contributed by atoms with E-state index in [-0.39, 0.29) is 28.8 Å². The summed E-state index contributed by atoms with van der Waals surface area (Å²) in [6, 6.07) is 2.98. The van der Waals surface area contributed by atoms with E-state index < -0.39 is 4.92 Å². The number of ether oxygens (including phenoxy) is 1. The van der Waals surface area contributed by atoms with Gasteiger partial charge in [0.05, 0.1) is 10.6 Å². The second kappa shape index (κ2) is 13.7. The molecule has 0 radical (unpaired) electrons. The summed E-state index contributed by atoms with van der Waals surface area (Å²) < 4.78 is 10.7. The zero-order chi connectivity index (χ0) is 33.3. The van der Waals surface area contributed by atoms with Gasteiger partial charge in [-0.05, 0) is 114 Å². The van der Waals surface area contributed by atoms with Crippen LogP contribution in [-0.2, 0) is 4.74 Å². The molecular formula is C37H55N5O5. The molecule has 3 saturated carbocycles. The quantitative estimate of drug-likeness (QED) is 0.101. The van der Waals surface area contributed by atoms with E-state index in [1.807, 2.05) is 0 Å². The van der Waals surface area contributed by atoms with E-state index in [2.05, 4.69) is 61.6 Å². The maximum Gasteiger partial charge on any atom is 0.407 e. The van der Waals surface area contributed by atoms with Crippen molar-refractivity contribution >= 4 is 28.5 Å². The minimum atomic E-state index is -0.508. The molecule has 0 bridgehead atoms. The Morgan fingerprint density at radius 3 is 2.64 bits per heavy atom. The van der Waals surface area contributed by atoms with Gasteiger partial charge in [-0.3, -0.25) is 10.1 Å². The van der Waals surface area contributed by atoms with Crippen LogP contribution in [0.1, 0.15) is 112 Å². The fourth-order valence-electron chi connectivity index (χ4n) is 10.6. The van der Waals surface area contributed by atoms with Crippen molar-refractivity contribution in [2.45, 2.75) is 118 Å². The van der Waals surface area contributed by atoms with Crippen LogP contribution in [0.25, 0.3) is 11.0 Å². The average molecular weight is 650 g/mol. The SMILES string of the molecule is CC(C)CCC[C@@H](C)[C@H]1CC[C@H]2[C@@H]3CC=C4C[C@@H](OC(=O)NCCCNc5ccc([N+](=O)[O-])c6nonc56)CC[C@]4(C)[C@H]3CC[C@]12C. The lowest BCUT2D eigenvalue weighted by Gasteiger charge is -2.58. The summed E-state index contributed by atoms with van der Waals surface area (Å²) in [4.78, 5) is 23.4. The number of nitro benzene ring substituents is 1. The van der Waals surface area contributed by atoms with Crippen molar-refractivity contribution in [3.8, 4) is 0 Å². The normalized spacial score (nSPS) is 32.2. The van der Waals surface area contributed by atoms with Gasteiger partial charge in [-0.25, -0.2) is 9.42 Å². The number of carbonyl (C=O) groups excluding carboxylic acids is 1. The van der Waals surface area contributed by atoms with E-state index in [1.165, 1.54) is 63.0 Å². The molecule has 1 heterocycles. The van der Waals surface area contributed by atoms with E-state index in [1.54, 1.807) is 6.07 Å². The summed E-state index contributed by atoms with van der Waals surface area (Å²) in [6.45, 7) is 13.4. The number of hydrogen-bond acceptors (Lipinski definition) is 8. The fourth-order valence-corrected chi connectivity index (χ4v) is 10.6. The van der Waals surface area contributed by atoms with Gasteiger partial charge in [0, 0.05) is 25.6 Å². The van der Waals surface area contributed by atoms with Crippen LogP contribution < -0.4 is 10.6 Å². The second-order valence-electron chi connectivity index (χ2n) is 16.1. The molecular weight excluding hydrogens is 594 g/mol. The summed E-state index contributed by atoms with van der Waals surface area (Å²) in [5.74, 6) is 4.91. The number of allylic oxidation sites excluding steroid dienone is 1. The molecule has 1 amide bonds. The summed E-state index contributed by atoms with van der Waals surface area (Å²) >= 11 is 0. The highest BCUT2D eigenvalue weighted by atomic mass is 16.6. The summed E-state index contributed by atoms with van der Waals surface area (Å²) in [6.07, 6.45) is 16.5. The number of alkyl carbamates (subject to hydrolysis) is 1. The molecule has 0 aliphatic heterocycles. The molecule has 10 heteroatoms. The number of nitrogens with one attached hydrogen (secondary N) is 2. The van der Waals surface area contributed by atoms with Crippen molar-refractivity contribution < 1.29 is 19.1 Å². The maximum atomic E-state index is 12.7. The molecule has 6 rings (SSSR count). The molecule has 0 unspecified atom stereocenters. The second-order valence-corrected chi connectivity index (χ2v) is 16.1. The third-order valence-electron chi connectivity index (χ3n) is 13.1. The third-order valence-corrected chi connectivity index (χ3v) is 13.1. The number of fused-ring (bicyclic) bond motifs is 6. The molecule has 0 spiro atoms. The third kappa shape index (κ3) is 6.62. The van der Waals surface area contributed by atoms with Gasteiger partial charge in [-0.15, -0.1) is 0 Å². The van der Waals surface area contributed by atoms with Crippen LogP contribution in [0.3, 0.4) is 0 Å². The number of rotatable bonds is 12. The van der Waals surface area contributed by atoms with E-state index >= 15 is 0 Å². The molecule has 10 nitrogen and oxygen atoms in total. The van der Waals surface area contributed by atoms with Crippen molar-refractivity contribution in [1.82, 2.24) is 15.6 Å². The minimum absolute atomic E-state index is 0.0755. The van der Waals surface area contributed by atoms with Crippen molar-refractivity contribution in [2.75, 3.05) is 18.4 Å². The van der Waals surface area contributed by atoms with Crippen molar-refractivity contribution in [1.29, 1.82) is 0 Å². The van der Waals surface area contributed by atoms with Crippen LogP contribution >= 0.6 is 0 Å². The Balaban J connectivity index is 0.971. The van der Waals surface area contributed by atoms with Crippen LogP contribution in [0.5, 0.6) is 0 Å². The summed E-state index contributed by atoms with van der Waals surface area (Å²) in [7, 11) is 0. The van der Waals surface area contributed by atoms with Crippen molar-refractivity contribution in [3.63, 3.8) is 0 Å². The van der Waals surface area contributed by atoms with E-state index in [0.29, 0.717) is 36.1 Å². The molecule has 2 aromatic rings.